The van der Waals surface area contributed by atoms with Gasteiger partial charge in [0.15, 0.2) is 0 Å². The van der Waals surface area contributed by atoms with Gasteiger partial charge in [-0.3, -0.25) is 9.36 Å². The van der Waals surface area contributed by atoms with E-state index in [1.165, 1.54) is 12.7 Å². The minimum absolute atomic E-state index is 0.143. The Hall–Kier alpha value is -4.25. The summed E-state index contributed by atoms with van der Waals surface area (Å²) in [5, 5.41) is 0.405. The van der Waals surface area contributed by atoms with Crippen molar-refractivity contribution in [1.29, 1.82) is 0 Å². The van der Waals surface area contributed by atoms with Gasteiger partial charge in [0.1, 0.15) is 11.2 Å². The van der Waals surface area contributed by atoms with Crippen LogP contribution in [0.15, 0.2) is 102 Å². The second kappa shape index (κ2) is 9.71. The van der Waals surface area contributed by atoms with Gasteiger partial charge in [-0.2, -0.15) is 0 Å². The van der Waals surface area contributed by atoms with E-state index in [0.29, 0.717) is 35.6 Å². The highest BCUT2D eigenvalue weighted by Crippen LogP contribution is 2.27. The largest absolute Gasteiger partial charge is 0.480 e. The Morgan fingerprint density at radius 1 is 0.824 bits per heavy atom. The predicted octanol–water partition coefficient (Wildman–Crippen LogP) is 5.30. The summed E-state index contributed by atoms with van der Waals surface area (Å²) >= 11 is 0. The summed E-state index contributed by atoms with van der Waals surface area (Å²) in [5.74, 6) is 0.959. The van der Waals surface area contributed by atoms with Gasteiger partial charge in [-0.05, 0) is 35.6 Å². The Labute approximate surface area is 198 Å². The highest BCUT2D eigenvalue weighted by Gasteiger charge is 2.18. The van der Waals surface area contributed by atoms with Crippen molar-refractivity contribution < 1.29 is 4.74 Å². The lowest BCUT2D eigenvalue weighted by atomic mass is 9.99. The van der Waals surface area contributed by atoms with Gasteiger partial charge >= 0.3 is 0 Å². The zero-order chi connectivity index (χ0) is 23.3. The van der Waals surface area contributed by atoms with E-state index in [1.807, 2.05) is 54.6 Å². The van der Waals surface area contributed by atoms with Gasteiger partial charge in [0.25, 0.3) is 5.56 Å². The molecule has 5 heteroatoms. The molecule has 0 spiro atoms. The summed E-state index contributed by atoms with van der Waals surface area (Å²) < 4.78 is 7.18. The van der Waals surface area contributed by atoms with Gasteiger partial charge in [0, 0.05) is 18.3 Å². The molecule has 3 aromatic carbocycles. The molecule has 0 fully saturated rings. The molecule has 0 saturated heterocycles. The molecule has 0 bridgehead atoms. The van der Waals surface area contributed by atoms with Crippen LogP contribution in [0.5, 0.6) is 5.88 Å². The maximum absolute atomic E-state index is 13.8. The smallest absolute Gasteiger partial charge is 0.267 e. The molecule has 2 aromatic heterocycles. The number of aromatic nitrogens is 3. The molecular weight excluding hydrogens is 422 g/mol. The van der Waals surface area contributed by atoms with Crippen molar-refractivity contribution >= 4 is 10.9 Å². The first-order valence-corrected chi connectivity index (χ1v) is 11.3. The van der Waals surface area contributed by atoms with Crippen molar-refractivity contribution in [1.82, 2.24) is 14.5 Å². The molecule has 2 heterocycles. The molecule has 34 heavy (non-hydrogen) atoms. The molecule has 0 aliphatic carbocycles. The van der Waals surface area contributed by atoms with E-state index >= 15 is 0 Å². The van der Waals surface area contributed by atoms with Crippen molar-refractivity contribution in [2.45, 2.75) is 19.4 Å². The van der Waals surface area contributed by atoms with Crippen molar-refractivity contribution in [2.75, 3.05) is 7.11 Å². The Kier molecular flexibility index (Phi) is 6.17. The number of hydrogen-bond acceptors (Lipinski definition) is 4. The molecule has 0 amide bonds. The Morgan fingerprint density at radius 2 is 1.50 bits per heavy atom. The molecule has 0 atom stereocenters. The van der Waals surface area contributed by atoms with Gasteiger partial charge in [0.05, 0.1) is 12.6 Å². The lowest BCUT2D eigenvalue weighted by Crippen LogP contribution is -2.25. The number of benzene rings is 3. The lowest BCUT2D eigenvalue weighted by Gasteiger charge is -2.17. The van der Waals surface area contributed by atoms with Crippen LogP contribution in [0.3, 0.4) is 0 Å². The third-order valence-electron chi connectivity index (χ3n) is 5.99. The van der Waals surface area contributed by atoms with Gasteiger partial charge in [0.2, 0.25) is 5.88 Å². The van der Waals surface area contributed by atoms with Gasteiger partial charge in [-0.15, -0.1) is 0 Å². The number of fused-ring (bicyclic) bond motifs is 1. The predicted molar refractivity (Wildman–Crippen MR) is 135 cm³/mol. The van der Waals surface area contributed by atoms with E-state index in [0.717, 1.165) is 23.1 Å². The fourth-order valence-electron chi connectivity index (χ4n) is 4.29. The Morgan fingerprint density at radius 3 is 2.24 bits per heavy atom. The quantitative estimate of drug-likeness (QED) is 0.340. The topological polar surface area (TPSA) is 57.0 Å². The van der Waals surface area contributed by atoms with Crippen molar-refractivity contribution in [3.63, 3.8) is 0 Å². The van der Waals surface area contributed by atoms with E-state index < -0.39 is 0 Å². The summed E-state index contributed by atoms with van der Waals surface area (Å²) in [4.78, 5) is 23.0. The van der Waals surface area contributed by atoms with E-state index in [1.54, 1.807) is 16.8 Å². The molecule has 0 radical (unpaired) electrons. The summed E-state index contributed by atoms with van der Waals surface area (Å²) in [6, 6.07) is 30.4. The fourth-order valence-corrected chi connectivity index (χ4v) is 4.29. The van der Waals surface area contributed by atoms with Crippen LogP contribution in [0.2, 0.25) is 0 Å². The normalized spacial score (nSPS) is 11.0. The average molecular weight is 448 g/mol. The molecule has 5 aromatic rings. The van der Waals surface area contributed by atoms with Crippen molar-refractivity contribution in [2.24, 2.45) is 0 Å². The zero-order valence-electron chi connectivity index (χ0n) is 19.0. The van der Waals surface area contributed by atoms with Crippen LogP contribution in [0, 0.1) is 0 Å². The maximum Gasteiger partial charge on any atom is 0.267 e. The van der Waals surface area contributed by atoms with E-state index in [2.05, 4.69) is 35.3 Å². The third-order valence-corrected chi connectivity index (χ3v) is 5.99. The molecule has 0 unspecified atom stereocenters. The number of nitrogens with zero attached hydrogens (tertiary/aromatic N) is 3. The maximum atomic E-state index is 13.8. The summed E-state index contributed by atoms with van der Waals surface area (Å²) in [6.45, 7) is 0.499. The molecule has 5 nitrogen and oxygen atoms in total. The standard InChI is InChI=1S/C29H25N3O2/c1-34-28-26-25(16-18-30-28)31-27(32(29(26)33)19-17-21-10-4-2-5-11-21)24-15-9-8-14-23(24)20-22-12-6-3-7-13-22/h2-16,18H,17,19-20H2,1H3. The number of methoxy groups -OCH3 is 1. The van der Waals surface area contributed by atoms with Crippen LogP contribution >= 0.6 is 0 Å². The van der Waals surface area contributed by atoms with Crippen LogP contribution in [0.25, 0.3) is 22.3 Å². The van der Waals surface area contributed by atoms with Crippen LogP contribution in [0.4, 0.5) is 0 Å². The average Bonchev–Trinajstić information content (AvgIpc) is 2.89. The zero-order valence-corrected chi connectivity index (χ0v) is 19.0. The number of ether oxygens (including phenoxy) is 1. The molecule has 168 valence electrons. The van der Waals surface area contributed by atoms with Crippen LogP contribution in [-0.2, 0) is 19.4 Å². The first-order chi connectivity index (χ1) is 16.7. The van der Waals surface area contributed by atoms with Gasteiger partial charge < -0.3 is 4.74 Å². The summed E-state index contributed by atoms with van der Waals surface area (Å²) in [6.07, 6.45) is 3.09. The SMILES string of the molecule is COc1nccc2nc(-c3ccccc3Cc3ccccc3)n(CCc3ccccc3)c(=O)c12. The summed E-state index contributed by atoms with van der Waals surface area (Å²) in [5.41, 5.74) is 4.88. The molecule has 0 N–H and O–H groups in total. The second-order valence-electron chi connectivity index (χ2n) is 8.16. The Balaban J connectivity index is 1.68. The molecule has 5 rings (SSSR count). The lowest BCUT2D eigenvalue weighted by molar-refractivity contribution is 0.402. The van der Waals surface area contributed by atoms with E-state index in [4.69, 9.17) is 9.72 Å². The highest BCUT2D eigenvalue weighted by atomic mass is 16.5. The summed E-state index contributed by atoms with van der Waals surface area (Å²) in [7, 11) is 1.53. The minimum Gasteiger partial charge on any atom is -0.480 e. The van der Waals surface area contributed by atoms with E-state index in [-0.39, 0.29) is 5.56 Å². The monoisotopic (exact) mass is 447 g/mol. The van der Waals surface area contributed by atoms with E-state index in [9.17, 15) is 4.79 Å². The highest BCUT2D eigenvalue weighted by molar-refractivity contribution is 5.84. The van der Waals surface area contributed by atoms with Crippen LogP contribution in [-0.4, -0.2) is 21.6 Å². The van der Waals surface area contributed by atoms with Gasteiger partial charge in [-0.25, -0.2) is 9.97 Å². The third kappa shape index (κ3) is 4.33. The second-order valence-corrected chi connectivity index (χ2v) is 8.16. The molecular formula is C29H25N3O2. The van der Waals surface area contributed by atoms with Gasteiger partial charge in [-0.1, -0.05) is 84.9 Å². The van der Waals surface area contributed by atoms with Crippen LogP contribution < -0.4 is 10.3 Å². The fraction of sp³-hybridized carbons (Fsp3) is 0.138. The number of hydrogen-bond donors (Lipinski definition) is 0. The number of aryl methyl sites for hydroxylation is 1. The van der Waals surface area contributed by atoms with Crippen LogP contribution in [0.1, 0.15) is 16.7 Å². The van der Waals surface area contributed by atoms with Crippen molar-refractivity contribution in [3.8, 4) is 17.3 Å². The first-order valence-electron chi connectivity index (χ1n) is 11.3. The first kappa shape index (κ1) is 21.6. The number of rotatable bonds is 7. The Bertz CT molecular complexity index is 1480. The molecule has 0 aliphatic heterocycles. The molecule has 0 saturated carbocycles. The number of pyridine rings is 1. The minimum atomic E-state index is -0.143. The molecule has 0 aliphatic rings. The van der Waals surface area contributed by atoms with Crippen molar-refractivity contribution in [3.05, 3.63) is 124 Å².